The summed E-state index contributed by atoms with van der Waals surface area (Å²) in [5.74, 6) is 0. The smallest absolute Gasteiger partial charge is 0.324 e. The molecule has 80 valence electrons. The SMILES string of the molecule is Cc1cc(C(N)CC(F)(F)F)c(C)s1. The van der Waals surface area contributed by atoms with Gasteiger partial charge in [-0.25, -0.2) is 0 Å². The van der Waals surface area contributed by atoms with Crippen LogP contribution in [0.2, 0.25) is 0 Å². The maximum absolute atomic E-state index is 12.1. The number of halogens is 3. The fourth-order valence-corrected chi connectivity index (χ4v) is 2.37. The molecule has 0 saturated carbocycles. The van der Waals surface area contributed by atoms with Gasteiger partial charge in [-0.1, -0.05) is 0 Å². The van der Waals surface area contributed by atoms with E-state index in [9.17, 15) is 13.2 Å². The van der Waals surface area contributed by atoms with Gasteiger partial charge in [0.1, 0.15) is 0 Å². The summed E-state index contributed by atoms with van der Waals surface area (Å²) in [5.41, 5.74) is 6.10. The fraction of sp³-hybridized carbons (Fsp3) is 0.556. The first kappa shape index (κ1) is 11.5. The Bertz CT molecular complexity index is 316. The molecule has 0 aliphatic rings. The molecule has 0 fully saturated rings. The number of alkyl halides is 3. The van der Waals surface area contributed by atoms with Crippen molar-refractivity contribution in [2.24, 2.45) is 5.73 Å². The molecule has 1 aromatic heterocycles. The molecule has 1 aromatic rings. The fourth-order valence-electron chi connectivity index (χ4n) is 1.38. The molecule has 5 heteroatoms. The molecule has 0 saturated heterocycles. The van der Waals surface area contributed by atoms with Gasteiger partial charge in [0.05, 0.1) is 6.42 Å². The van der Waals surface area contributed by atoms with E-state index in [2.05, 4.69) is 0 Å². The second kappa shape index (κ2) is 3.90. The van der Waals surface area contributed by atoms with E-state index >= 15 is 0 Å². The van der Waals surface area contributed by atoms with Crippen molar-refractivity contribution in [3.8, 4) is 0 Å². The Labute approximate surface area is 84.7 Å². The van der Waals surface area contributed by atoms with Gasteiger partial charge in [0.15, 0.2) is 0 Å². The van der Waals surface area contributed by atoms with E-state index in [1.165, 1.54) is 11.3 Å². The summed E-state index contributed by atoms with van der Waals surface area (Å²) in [6.45, 7) is 3.66. The lowest BCUT2D eigenvalue weighted by Crippen LogP contribution is -2.20. The summed E-state index contributed by atoms with van der Waals surface area (Å²) in [4.78, 5) is 1.87. The van der Waals surface area contributed by atoms with Crippen LogP contribution in [0.25, 0.3) is 0 Å². The standard InChI is InChI=1S/C9H12F3NS/c1-5-3-7(6(2)14-5)8(13)4-9(10,11)12/h3,8H,4,13H2,1-2H3. The van der Waals surface area contributed by atoms with E-state index in [0.717, 1.165) is 9.75 Å². The van der Waals surface area contributed by atoms with Crippen molar-refractivity contribution in [1.82, 2.24) is 0 Å². The normalized spacial score (nSPS) is 14.4. The molecule has 0 spiro atoms. The first-order valence-electron chi connectivity index (χ1n) is 4.19. The lowest BCUT2D eigenvalue weighted by Gasteiger charge is -2.13. The van der Waals surface area contributed by atoms with Gasteiger partial charge in [0.25, 0.3) is 0 Å². The summed E-state index contributed by atoms with van der Waals surface area (Å²) < 4.78 is 36.2. The highest BCUT2D eigenvalue weighted by atomic mass is 32.1. The van der Waals surface area contributed by atoms with Crippen LogP contribution in [0.3, 0.4) is 0 Å². The van der Waals surface area contributed by atoms with Crippen LogP contribution < -0.4 is 5.73 Å². The molecule has 0 aromatic carbocycles. The number of nitrogens with two attached hydrogens (primary N) is 1. The van der Waals surface area contributed by atoms with Crippen molar-refractivity contribution in [3.63, 3.8) is 0 Å². The maximum Gasteiger partial charge on any atom is 0.390 e. The second-order valence-electron chi connectivity index (χ2n) is 3.29. The average Bonchev–Trinajstić information content (AvgIpc) is 2.26. The summed E-state index contributed by atoms with van der Waals surface area (Å²) in [6, 6.07) is 0.802. The zero-order valence-electron chi connectivity index (χ0n) is 7.98. The quantitative estimate of drug-likeness (QED) is 0.817. The van der Waals surface area contributed by atoms with E-state index < -0.39 is 18.6 Å². The number of hydrogen-bond acceptors (Lipinski definition) is 2. The first-order valence-corrected chi connectivity index (χ1v) is 5.00. The van der Waals surface area contributed by atoms with Gasteiger partial charge in [-0.2, -0.15) is 13.2 Å². The predicted octanol–water partition coefficient (Wildman–Crippen LogP) is 3.32. The molecule has 0 radical (unpaired) electrons. The topological polar surface area (TPSA) is 26.0 Å². The summed E-state index contributed by atoms with van der Waals surface area (Å²) in [7, 11) is 0. The van der Waals surface area contributed by atoms with Crippen molar-refractivity contribution in [2.45, 2.75) is 32.5 Å². The van der Waals surface area contributed by atoms with Crippen LogP contribution in [0.15, 0.2) is 6.07 Å². The molecule has 2 N–H and O–H groups in total. The molecule has 14 heavy (non-hydrogen) atoms. The van der Waals surface area contributed by atoms with Crippen LogP contribution in [0, 0.1) is 13.8 Å². The number of rotatable bonds is 2. The highest BCUT2D eigenvalue weighted by molar-refractivity contribution is 7.12. The van der Waals surface area contributed by atoms with Gasteiger partial charge in [-0.05, 0) is 25.5 Å². The van der Waals surface area contributed by atoms with E-state index in [1.807, 2.05) is 6.92 Å². The van der Waals surface area contributed by atoms with Gasteiger partial charge >= 0.3 is 6.18 Å². The van der Waals surface area contributed by atoms with Gasteiger partial charge in [0.2, 0.25) is 0 Å². The minimum absolute atomic E-state index is 0.616. The minimum Gasteiger partial charge on any atom is -0.324 e. The Morgan fingerprint density at radius 2 is 2.00 bits per heavy atom. The zero-order valence-corrected chi connectivity index (χ0v) is 8.80. The van der Waals surface area contributed by atoms with Crippen molar-refractivity contribution >= 4 is 11.3 Å². The van der Waals surface area contributed by atoms with Gasteiger partial charge in [-0.3, -0.25) is 0 Å². The Morgan fingerprint density at radius 3 is 2.36 bits per heavy atom. The molecule has 1 heterocycles. The predicted molar refractivity (Wildman–Crippen MR) is 51.4 cm³/mol. The molecule has 1 nitrogen and oxygen atoms in total. The van der Waals surface area contributed by atoms with Crippen LogP contribution in [0.5, 0.6) is 0 Å². The monoisotopic (exact) mass is 223 g/mol. The third kappa shape index (κ3) is 2.99. The third-order valence-corrected chi connectivity index (χ3v) is 2.91. The van der Waals surface area contributed by atoms with E-state index in [0.29, 0.717) is 5.56 Å². The Balaban J connectivity index is 2.79. The van der Waals surface area contributed by atoms with Crippen molar-refractivity contribution in [3.05, 3.63) is 21.4 Å². The number of aryl methyl sites for hydroxylation is 2. The number of hydrogen-bond donors (Lipinski definition) is 1. The van der Waals surface area contributed by atoms with E-state index in [-0.39, 0.29) is 0 Å². The molecule has 0 aliphatic heterocycles. The van der Waals surface area contributed by atoms with Gasteiger partial charge in [0, 0.05) is 15.8 Å². The largest absolute Gasteiger partial charge is 0.390 e. The molecule has 0 bridgehead atoms. The Morgan fingerprint density at radius 1 is 1.43 bits per heavy atom. The van der Waals surface area contributed by atoms with Gasteiger partial charge in [-0.15, -0.1) is 11.3 Å². The zero-order chi connectivity index (χ0) is 10.9. The average molecular weight is 223 g/mol. The minimum atomic E-state index is -4.19. The second-order valence-corrected chi connectivity index (χ2v) is 4.75. The molecular weight excluding hydrogens is 211 g/mol. The van der Waals surface area contributed by atoms with Crippen LogP contribution in [-0.2, 0) is 0 Å². The van der Waals surface area contributed by atoms with Crippen molar-refractivity contribution < 1.29 is 13.2 Å². The third-order valence-electron chi connectivity index (χ3n) is 1.93. The Hall–Kier alpha value is -0.550. The summed E-state index contributed by atoms with van der Waals surface area (Å²) in [5, 5.41) is 0. The molecule has 1 unspecified atom stereocenters. The van der Waals surface area contributed by atoms with Crippen molar-refractivity contribution in [1.29, 1.82) is 0 Å². The van der Waals surface area contributed by atoms with E-state index in [4.69, 9.17) is 5.73 Å². The molecule has 0 amide bonds. The summed E-state index contributed by atoms with van der Waals surface area (Å²) in [6.07, 6.45) is -5.15. The highest BCUT2D eigenvalue weighted by Crippen LogP contribution is 2.32. The lowest BCUT2D eigenvalue weighted by molar-refractivity contribution is -0.138. The lowest BCUT2D eigenvalue weighted by atomic mass is 10.1. The van der Waals surface area contributed by atoms with Gasteiger partial charge < -0.3 is 5.73 Å². The molecule has 1 atom stereocenters. The van der Waals surface area contributed by atoms with Crippen LogP contribution in [0.1, 0.15) is 27.8 Å². The van der Waals surface area contributed by atoms with Crippen LogP contribution in [-0.4, -0.2) is 6.18 Å². The van der Waals surface area contributed by atoms with Crippen molar-refractivity contribution in [2.75, 3.05) is 0 Å². The highest BCUT2D eigenvalue weighted by Gasteiger charge is 2.31. The maximum atomic E-state index is 12.1. The first-order chi connectivity index (χ1) is 6.29. The van der Waals surface area contributed by atoms with Crippen LogP contribution in [0.4, 0.5) is 13.2 Å². The molecular formula is C9H12F3NS. The van der Waals surface area contributed by atoms with E-state index in [1.54, 1.807) is 13.0 Å². The number of thiophene rings is 1. The Kier molecular flexibility index (Phi) is 3.21. The molecule has 0 aliphatic carbocycles. The summed E-state index contributed by atoms with van der Waals surface area (Å²) >= 11 is 1.48. The van der Waals surface area contributed by atoms with Crippen LogP contribution >= 0.6 is 11.3 Å². The molecule has 1 rings (SSSR count).